The topological polar surface area (TPSA) is 52.0 Å². The third-order valence-electron chi connectivity index (χ3n) is 3.94. The van der Waals surface area contributed by atoms with E-state index in [4.69, 9.17) is 11.6 Å². The summed E-state index contributed by atoms with van der Waals surface area (Å²) in [5.74, 6) is -0.543. The van der Waals surface area contributed by atoms with E-state index < -0.39 is 0 Å². The highest BCUT2D eigenvalue weighted by molar-refractivity contribution is 6.30. The van der Waals surface area contributed by atoms with Crippen LogP contribution in [0.25, 0.3) is 23.0 Å². The molecular weight excluding hydrogens is 348 g/mol. The Morgan fingerprint density at radius 1 is 0.962 bits per heavy atom. The summed E-state index contributed by atoms with van der Waals surface area (Å²) in [6.45, 7) is 2.77. The Morgan fingerprint density at radius 2 is 1.58 bits per heavy atom. The van der Waals surface area contributed by atoms with E-state index in [1.54, 1.807) is 22.9 Å². The fourth-order valence-electron chi connectivity index (χ4n) is 2.64. The predicted molar refractivity (Wildman–Crippen MR) is 103 cm³/mol. The van der Waals surface area contributed by atoms with Gasteiger partial charge in [0, 0.05) is 22.3 Å². The lowest BCUT2D eigenvalue weighted by Crippen LogP contribution is -2.05. The highest BCUT2D eigenvalue weighted by atomic mass is 35.5. The van der Waals surface area contributed by atoms with Crippen molar-refractivity contribution in [1.82, 2.24) is 9.78 Å². The van der Waals surface area contributed by atoms with Crippen LogP contribution in [0, 0.1) is 0 Å². The molecule has 5 heteroatoms. The van der Waals surface area contributed by atoms with Crippen molar-refractivity contribution >= 4 is 29.2 Å². The molecule has 0 aliphatic carbocycles. The van der Waals surface area contributed by atoms with Crippen LogP contribution in [-0.4, -0.2) is 21.3 Å². The SMILES string of the molecule is CC(=O)C(=Cc1cn(-c2ccccc2)nc1-c1ccc(Cl)cc1)C(C)=O. The third kappa shape index (κ3) is 3.81. The summed E-state index contributed by atoms with van der Waals surface area (Å²) in [5.41, 5.74) is 3.24. The number of carbonyl (C=O) groups excluding carboxylic acids is 2. The van der Waals surface area contributed by atoms with Crippen LogP contribution >= 0.6 is 11.6 Å². The van der Waals surface area contributed by atoms with Crippen LogP contribution in [0.4, 0.5) is 0 Å². The minimum Gasteiger partial charge on any atom is -0.294 e. The minimum atomic E-state index is -0.271. The normalized spacial score (nSPS) is 10.4. The smallest absolute Gasteiger partial charge is 0.163 e. The van der Waals surface area contributed by atoms with E-state index in [2.05, 4.69) is 5.10 Å². The summed E-state index contributed by atoms with van der Waals surface area (Å²) < 4.78 is 1.73. The number of benzene rings is 2. The molecule has 1 heterocycles. The highest BCUT2D eigenvalue weighted by Gasteiger charge is 2.15. The lowest BCUT2D eigenvalue weighted by atomic mass is 10.0. The molecule has 0 radical (unpaired) electrons. The monoisotopic (exact) mass is 364 g/mol. The van der Waals surface area contributed by atoms with Crippen LogP contribution in [-0.2, 0) is 9.59 Å². The van der Waals surface area contributed by atoms with E-state index in [0.717, 1.165) is 11.3 Å². The zero-order valence-electron chi connectivity index (χ0n) is 14.4. The average molecular weight is 365 g/mol. The van der Waals surface area contributed by atoms with Crippen molar-refractivity contribution in [3.05, 3.63) is 77.0 Å². The molecule has 2 aromatic carbocycles. The molecule has 3 aromatic rings. The van der Waals surface area contributed by atoms with Crippen LogP contribution in [0.1, 0.15) is 19.4 Å². The fraction of sp³-hybridized carbons (Fsp3) is 0.0952. The highest BCUT2D eigenvalue weighted by Crippen LogP contribution is 2.27. The molecular formula is C21H17ClN2O2. The van der Waals surface area contributed by atoms with Gasteiger partial charge in [0.05, 0.1) is 17.0 Å². The summed E-state index contributed by atoms with van der Waals surface area (Å²) >= 11 is 5.98. The van der Waals surface area contributed by atoms with Gasteiger partial charge in [-0.25, -0.2) is 4.68 Å². The van der Waals surface area contributed by atoms with Crippen LogP contribution in [0.5, 0.6) is 0 Å². The van der Waals surface area contributed by atoms with Gasteiger partial charge in [0.25, 0.3) is 0 Å². The number of carbonyl (C=O) groups is 2. The molecule has 0 aliphatic heterocycles. The molecule has 0 unspecified atom stereocenters. The van der Waals surface area contributed by atoms with Crippen molar-refractivity contribution in [2.24, 2.45) is 0 Å². The maximum absolute atomic E-state index is 11.8. The van der Waals surface area contributed by atoms with E-state index in [9.17, 15) is 9.59 Å². The first-order valence-corrected chi connectivity index (χ1v) is 8.48. The number of hydrogen-bond donors (Lipinski definition) is 0. The summed E-state index contributed by atoms with van der Waals surface area (Å²) in [5, 5.41) is 5.28. The van der Waals surface area contributed by atoms with Crippen LogP contribution < -0.4 is 0 Å². The van der Waals surface area contributed by atoms with Crippen molar-refractivity contribution in [3.8, 4) is 16.9 Å². The second-order valence-corrected chi connectivity index (χ2v) is 6.33. The van der Waals surface area contributed by atoms with Gasteiger partial charge in [-0.1, -0.05) is 41.9 Å². The summed E-state index contributed by atoms with van der Waals surface area (Å²) in [6.07, 6.45) is 3.41. The van der Waals surface area contributed by atoms with Crippen LogP contribution in [0.2, 0.25) is 5.02 Å². The van der Waals surface area contributed by atoms with Crippen molar-refractivity contribution < 1.29 is 9.59 Å². The standard InChI is InChI=1S/C21H17ClN2O2/c1-14(25)20(15(2)26)12-17-13-24(19-6-4-3-5-7-19)23-21(17)16-8-10-18(22)11-9-16/h3-13H,1-2H3. The van der Waals surface area contributed by atoms with Gasteiger partial charge in [-0.15, -0.1) is 0 Å². The first-order chi connectivity index (χ1) is 12.5. The number of para-hydroxylation sites is 1. The molecule has 0 amide bonds. The summed E-state index contributed by atoms with van der Waals surface area (Å²) in [6, 6.07) is 16.9. The van der Waals surface area contributed by atoms with Crippen molar-refractivity contribution in [2.45, 2.75) is 13.8 Å². The van der Waals surface area contributed by atoms with Gasteiger partial charge in [0.1, 0.15) is 0 Å². The maximum Gasteiger partial charge on any atom is 0.163 e. The molecule has 0 spiro atoms. The number of rotatable bonds is 5. The number of nitrogens with zero attached hydrogens (tertiary/aromatic N) is 2. The molecule has 0 fully saturated rings. The lowest BCUT2D eigenvalue weighted by Gasteiger charge is -2.01. The van der Waals surface area contributed by atoms with E-state index in [1.807, 2.05) is 48.7 Å². The van der Waals surface area contributed by atoms with Gasteiger partial charge in [-0.05, 0) is 44.2 Å². The molecule has 130 valence electrons. The largest absolute Gasteiger partial charge is 0.294 e. The Hall–Kier alpha value is -2.98. The Morgan fingerprint density at radius 3 is 2.15 bits per heavy atom. The third-order valence-corrected chi connectivity index (χ3v) is 4.19. The molecule has 0 atom stereocenters. The molecule has 3 rings (SSSR count). The summed E-state index contributed by atoms with van der Waals surface area (Å²) in [7, 11) is 0. The van der Waals surface area contributed by atoms with Crippen LogP contribution in [0.3, 0.4) is 0 Å². The Bertz CT molecular complexity index is 971. The second-order valence-electron chi connectivity index (χ2n) is 5.89. The predicted octanol–water partition coefficient (Wildman–Crippen LogP) is 4.75. The van der Waals surface area contributed by atoms with Crippen LogP contribution in [0.15, 0.2) is 66.4 Å². The number of aromatic nitrogens is 2. The maximum atomic E-state index is 11.8. The summed E-state index contributed by atoms with van der Waals surface area (Å²) in [4.78, 5) is 23.7. The fourth-order valence-corrected chi connectivity index (χ4v) is 2.77. The zero-order chi connectivity index (χ0) is 18.7. The Labute approximate surface area is 156 Å². The Balaban J connectivity index is 2.19. The second kappa shape index (κ2) is 7.50. The zero-order valence-corrected chi connectivity index (χ0v) is 15.2. The molecule has 0 saturated carbocycles. The molecule has 0 saturated heterocycles. The Kier molecular flexibility index (Phi) is 5.14. The van der Waals surface area contributed by atoms with Gasteiger partial charge < -0.3 is 0 Å². The molecule has 0 bridgehead atoms. The number of Topliss-reactive ketones (excluding diaryl/α,β-unsaturated/α-hetero) is 2. The van der Waals surface area contributed by atoms with Crippen molar-refractivity contribution in [2.75, 3.05) is 0 Å². The van der Waals surface area contributed by atoms with Gasteiger partial charge in [0.2, 0.25) is 0 Å². The van der Waals surface area contributed by atoms with Gasteiger partial charge in [0.15, 0.2) is 11.6 Å². The first-order valence-electron chi connectivity index (χ1n) is 8.10. The van der Waals surface area contributed by atoms with E-state index >= 15 is 0 Å². The lowest BCUT2D eigenvalue weighted by molar-refractivity contribution is -0.119. The molecule has 0 N–H and O–H groups in total. The average Bonchev–Trinajstić information content (AvgIpc) is 3.04. The molecule has 0 aliphatic rings. The number of halogens is 1. The number of ketones is 2. The number of hydrogen-bond acceptors (Lipinski definition) is 3. The van der Waals surface area contributed by atoms with Gasteiger partial charge in [-0.3, -0.25) is 9.59 Å². The quantitative estimate of drug-likeness (QED) is 0.373. The molecule has 1 aromatic heterocycles. The van der Waals surface area contributed by atoms with Crippen molar-refractivity contribution in [1.29, 1.82) is 0 Å². The van der Waals surface area contributed by atoms with Gasteiger partial charge >= 0.3 is 0 Å². The molecule has 4 nitrogen and oxygen atoms in total. The van der Waals surface area contributed by atoms with Gasteiger partial charge in [-0.2, -0.15) is 5.10 Å². The minimum absolute atomic E-state index is 0.146. The van der Waals surface area contributed by atoms with E-state index in [1.165, 1.54) is 13.8 Å². The van der Waals surface area contributed by atoms with Crippen molar-refractivity contribution in [3.63, 3.8) is 0 Å². The number of allylic oxidation sites excluding steroid dienone is 1. The van der Waals surface area contributed by atoms with E-state index in [0.29, 0.717) is 16.3 Å². The first kappa shape index (κ1) is 17.8. The van der Waals surface area contributed by atoms with E-state index in [-0.39, 0.29) is 17.1 Å². The molecule has 26 heavy (non-hydrogen) atoms.